The van der Waals surface area contributed by atoms with Crippen LogP contribution in [0, 0.1) is 0 Å². The van der Waals surface area contributed by atoms with Gasteiger partial charge in [-0.05, 0) is 25.3 Å². The molecule has 2 aliphatic rings. The minimum atomic E-state index is -0.0465. The number of aromatic amines is 1. The normalized spacial score (nSPS) is 19.0. The number of amides is 1. The lowest BCUT2D eigenvalue weighted by Gasteiger charge is -2.39. The summed E-state index contributed by atoms with van der Waals surface area (Å²) in [5.74, 6) is 2.03. The number of H-pyrrole nitrogens is 1. The Morgan fingerprint density at radius 1 is 1.10 bits per heavy atom. The van der Waals surface area contributed by atoms with Crippen LogP contribution in [0.1, 0.15) is 25.6 Å². The van der Waals surface area contributed by atoms with E-state index < -0.39 is 0 Å². The molecule has 3 heterocycles. The number of carbonyl (C=O) groups excluding carboxylic acids is 1. The Labute approximate surface area is 184 Å². The van der Waals surface area contributed by atoms with Gasteiger partial charge in [0.1, 0.15) is 5.82 Å². The maximum absolute atomic E-state index is 12.7. The molecule has 0 radical (unpaired) electrons. The summed E-state index contributed by atoms with van der Waals surface area (Å²) in [4.78, 5) is 31.6. The molecule has 8 heteroatoms. The fourth-order valence-electron chi connectivity index (χ4n) is 4.39. The average Bonchev–Trinajstić information content (AvgIpc) is 3.52. The summed E-state index contributed by atoms with van der Waals surface area (Å²) in [7, 11) is 1.81. The number of benzene rings is 1. The smallest absolute Gasteiger partial charge is 0.239 e. The highest BCUT2D eigenvalue weighted by atomic mass is 16.2. The van der Waals surface area contributed by atoms with Crippen molar-refractivity contribution in [2.45, 2.75) is 32.4 Å². The zero-order valence-corrected chi connectivity index (χ0v) is 18.5. The fraction of sp³-hybridized carbons (Fsp3) is 0.522. The number of hydrogen-bond acceptors (Lipinski definition) is 4. The van der Waals surface area contributed by atoms with Gasteiger partial charge < -0.3 is 20.1 Å². The van der Waals surface area contributed by atoms with Gasteiger partial charge >= 0.3 is 0 Å². The van der Waals surface area contributed by atoms with Crippen LogP contribution >= 0.6 is 0 Å². The van der Waals surface area contributed by atoms with Crippen LogP contribution in [-0.4, -0.2) is 88.9 Å². The van der Waals surface area contributed by atoms with Gasteiger partial charge in [0.25, 0.3) is 0 Å². The predicted molar refractivity (Wildman–Crippen MR) is 123 cm³/mol. The average molecular weight is 424 g/mol. The molecule has 0 bridgehead atoms. The van der Waals surface area contributed by atoms with Gasteiger partial charge in [0.05, 0.1) is 24.5 Å². The molecule has 1 unspecified atom stereocenters. The van der Waals surface area contributed by atoms with Gasteiger partial charge in [-0.3, -0.25) is 14.7 Å². The van der Waals surface area contributed by atoms with E-state index >= 15 is 0 Å². The highest BCUT2D eigenvalue weighted by Crippen LogP contribution is 2.16. The van der Waals surface area contributed by atoms with Gasteiger partial charge in [-0.25, -0.2) is 4.98 Å². The van der Waals surface area contributed by atoms with Crippen LogP contribution in [-0.2, 0) is 11.3 Å². The van der Waals surface area contributed by atoms with Crippen LogP contribution in [0.25, 0.3) is 11.3 Å². The topological polar surface area (TPSA) is 79.9 Å². The van der Waals surface area contributed by atoms with Gasteiger partial charge in [0.2, 0.25) is 5.91 Å². The minimum absolute atomic E-state index is 0.0465. The summed E-state index contributed by atoms with van der Waals surface area (Å²) in [6.07, 6.45) is 4.14. The third-order valence-corrected chi connectivity index (χ3v) is 6.28. The molecule has 2 fully saturated rings. The monoisotopic (exact) mass is 423 g/mol. The molecule has 1 amide bonds. The van der Waals surface area contributed by atoms with Crippen molar-refractivity contribution in [2.24, 2.45) is 4.99 Å². The molecule has 2 N–H and O–H groups in total. The van der Waals surface area contributed by atoms with Gasteiger partial charge in [0, 0.05) is 46.3 Å². The molecule has 166 valence electrons. The number of rotatable bonds is 5. The number of hydrogen-bond donors (Lipinski definition) is 2. The molecule has 1 aromatic carbocycles. The molecule has 0 saturated carbocycles. The molecule has 4 rings (SSSR count). The standard InChI is InChI=1S/C23H33N7O/c1-18(22(31)29-10-6-7-11-29)28-12-14-30(15-13-28)23(24-2)26-17-21-25-16-20(27-21)19-8-4-3-5-9-19/h3-5,8-9,16,18H,6-7,10-15,17H2,1-2H3,(H,24,26)(H,25,27). The first-order valence-corrected chi connectivity index (χ1v) is 11.2. The van der Waals surface area contributed by atoms with Crippen LogP contribution in [0.3, 0.4) is 0 Å². The number of aromatic nitrogens is 2. The first-order chi connectivity index (χ1) is 15.2. The quantitative estimate of drug-likeness (QED) is 0.566. The number of carbonyl (C=O) groups is 1. The second-order valence-electron chi connectivity index (χ2n) is 8.24. The van der Waals surface area contributed by atoms with E-state index in [0.717, 1.165) is 75.2 Å². The van der Waals surface area contributed by atoms with Crippen molar-refractivity contribution in [3.63, 3.8) is 0 Å². The highest BCUT2D eigenvalue weighted by Gasteiger charge is 2.30. The Kier molecular flexibility index (Phi) is 6.86. The molecule has 0 aliphatic carbocycles. The number of imidazole rings is 1. The van der Waals surface area contributed by atoms with Crippen LogP contribution in [0.4, 0.5) is 0 Å². The molecule has 2 aromatic rings. The van der Waals surface area contributed by atoms with Crippen molar-refractivity contribution >= 4 is 11.9 Å². The van der Waals surface area contributed by atoms with E-state index in [1.165, 1.54) is 0 Å². The predicted octanol–water partition coefficient (Wildman–Crippen LogP) is 1.78. The molecule has 1 atom stereocenters. The summed E-state index contributed by atoms with van der Waals surface area (Å²) in [5, 5.41) is 3.42. The van der Waals surface area contributed by atoms with Crippen LogP contribution in [0.5, 0.6) is 0 Å². The zero-order chi connectivity index (χ0) is 21.6. The Hall–Kier alpha value is -2.87. The number of nitrogens with zero attached hydrogens (tertiary/aromatic N) is 5. The molecule has 1 aromatic heterocycles. The lowest BCUT2D eigenvalue weighted by Crippen LogP contribution is -2.57. The van der Waals surface area contributed by atoms with Crippen LogP contribution in [0.15, 0.2) is 41.5 Å². The third kappa shape index (κ3) is 5.07. The van der Waals surface area contributed by atoms with Crippen molar-refractivity contribution in [3.8, 4) is 11.3 Å². The van der Waals surface area contributed by atoms with E-state index in [4.69, 9.17) is 0 Å². The maximum atomic E-state index is 12.7. The largest absolute Gasteiger partial charge is 0.349 e. The van der Waals surface area contributed by atoms with E-state index in [9.17, 15) is 4.79 Å². The molecular weight excluding hydrogens is 390 g/mol. The van der Waals surface area contributed by atoms with E-state index in [-0.39, 0.29) is 11.9 Å². The molecule has 2 saturated heterocycles. The van der Waals surface area contributed by atoms with Crippen molar-refractivity contribution in [1.82, 2.24) is 30.0 Å². The zero-order valence-electron chi connectivity index (χ0n) is 18.5. The third-order valence-electron chi connectivity index (χ3n) is 6.28. The Balaban J connectivity index is 1.27. The summed E-state index contributed by atoms with van der Waals surface area (Å²) in [5.41, 5.74) is 2.14. The Morgan fingerprint density at radius 3 is 2.48 bits per heavy atom. The minimum Gasteiger partial charge on any atom is -0.349 e. The van der Waals surface area contributed by atoms with E-state index in [2.05, 4.69) is 42.2 Å². The summed E-state index contributed by atoms with van der Waals surface area (Å²) < 4.78 is 0. The Bertz CT molecular complexity index is 880. The second-order valence-corrected chi connectivity index (χ2v) is 8.24. The van der Waals surface area contributed by atoms with Crippen molar-refractivity contribution in [1.29, 1.82) is 0 Å². The number of piperazine rings is 1. The number of guanidine groups is 1. The SMILES string of the molecule is CN=C(NCc1ncc(-c2ccccc2)[nH]1)N1CCN(C(C)C(=O)N2CCCC2)CC1. The number of likely N-dealkylation sites (tertiary alicyclic amines) is 1. The van der Waals surface area contributed by atoms with Gasteiger partial charge in [-0.2, -0.15) is 0 Å². The van der Waals surface area contributed by atoms with Gasteiger partial charge in [-0.15, -0.1) is 0 Å². The molecule has 2 aliphatic heterocycles. The highest BCUT2D eigenvalue weighted by molar-refractivity contribution is 5.82. The lowest BCUT2D eigenvalue weighted by atomic mass is 10.2. The van der Waals surface area contributed by atoms with Gasteiger partial charge in [-0.1, -0.05) is 30.3 Å². The second kappa shape index (κ2) is 9.96. The van der Waals surface area contributed by atoms with Crippen LogP contribution < -0.4 is 5.32 Å². The summed E-state index contributed by atoms with van der Waals surface area (Å²) >= 11 is 0. The van der Waals surface area contributed by atoms with E-state index in [1.807, 2.05) is 43.3 Å². The number of nitrogens with one attached hydrogen (secondary N) is 2. The summed E-state index contributed by atoms with van der Waals surface area (Å²) in [6, 6.07) is 10.1. The molecule has 31 heavy (non-hydrogen) atoms. The Morgan fingerprint density at radius 2 is 1.81 bits per heavy atom. The van der Waals surface area contributed by atoms with Crippen LogP contribution in [0.2, 0.25) is 0 Å². The first kappa shape index (κ1) is 21.4. The van der Waals surface area contributed by atoms with Gasteiger partial charge in [0.15, 0.2) is 5.96 Å². The summed E-state index contributed by atoms with van der Waals surface area (Å²) in [6.45, 7) is 7.89. The maximum Gasteiger partial charge on any atom is 0.239 e. The van der Waals surface area contributed by atoms with E-state index in [1.54, 1.807) is 0 Å². The van der Waals surface area contributed by atoms with Crippen molar-refractivity contribution in [2.75, 3.05) is 46.3 Å². The molecule has 8 nitrogen and oxygen atoms in total. The van der Waals surface area contributed by atoms with E-state index in [0.29, 0.717) is 6.54 Å². The molecule has 0 spiro atoms. The fourth-order valence-corrected chi connectivity index (χ4v) is 4.39. The number of aliphatic imine (C=N–C) groups is 1. The lowest BCUT2D eigenvalue weighted by molar-refractivity contribution is -0.135. The first-order valence-electron chi connectivity index (χ1n) is 11.2. The van der Waals surface area contributed by atoms with Crippen molar-refractivity contribution < 1.29 is 4.79 Å². The molecular formula is C23H33N7O. The van der Waals surface area contributed by atoms with Crippen molar-refractivity contribution in [3.05, 3.63) is 42.4 Å².